The van der Waals surface area contributed by atoms with Gasteiger partial charge in [-0.15, -0.1) is 0 Å². The Morgan fingerprint density at radius 3 is 1.50 bits per heavy atom. The molecular weight excluding hydrogens is 475 g/mol. The van der Waals surface area contributed by atoms with Crippen molar-refractivity contribution < 1.29 is 43.4 Å². The molecule has 2 fully saturated rings. The quantitative estimate of drug-likeness (QED) is 0.457. The molecule has 0 N–H and O–H groups in total. The number of hydrogen-bond acceptors (Lipinski definition) is 0. The summed E-state index contributed by atoms with van der Waals surface area (Å²) in [4.78, 5) is 0. The number of allylic oxidation sites excluding steroid dienone is 8. The zero-order valence-corrected chi connectivity index (χ0v) is 20.7. The molecule has 24 heavy (non-hydrogen) atoms. The van der Waals surface area contributed by atoms with Gasteiger partial charge in [0.2, 0.25) is 0 Å². The van der Waals surface area contributed by atoms with Gasteiger partial charge < -0.3 is 24.8 Å². The van der Waals surface area contributed by atoms with Crippen LogP contribution in [0.5, 0.6) is 0 Å². The first-order valence-electron chi connectivity index (χ1n) is 9.13. The van der Waals surface area contributed by atoms with Crippen molar-refractivity contribution >= 4 is 9.98 Å². The van der Waals surface area contributed by atoms with Crippen LogP contribution in [0, 0.1) is 23.7 Å². The molecule has 4 rings (SSSR count). The molecule has 0 amide bonds. The Labute approximate surface area is 168 Å². The Hall–Kier alpha value is 0.966. The van der Waals surface area contributed by atoms with Gasteiger partial charge in [0.05, 0.1) is 0 Å². The zero-order chi connectivity index (χ0) is 15.1. The van der Waals surface area contributed by atoms with Crippen molar-refractivity contribution in [3.05, 3.63) is 48.6 Å². The topological polar surface area (TPSA) is 0 Å². The van der Waals surface area contributed by atoms with Gasteiger partial charge in [0.25, 0.3) is 0 Å². The largest absolute Gasteiger partial charge is 1.00 e. The van der Waals surface area contributed by atoms with Crippen molar-refractivity contribution in [2.45, 2.75) is 44.4 Å². The van der Waals surface area contributed by atoms with Gasteiger partial charge in [-0.2, -0.15) is 0 Å². The van der Waals surface area contributed by atoms with E-state index in [2.05, 4.69) is 60.1 Å². The summed E-state index contributed by atoms with van der Waals surface area (Å²) in [7, 11) is -0.735. The zero-order valence-electron chi connectivity index (χ0n) is 14.7. The SMILES string of the molecule is [CH3][Ge]([CH3])=[Zr+2]([CH]1CCC2C=CC=CC21)[CH]1CCC2C=CC=CC21.[Cl-].[Cl-]. The Bertz CT molecular complexity index is 555. The monoisotopic (exact) mass is 502 g/mol. The van der Waals surface area contributed by atoms with Gasteiger partial charge in [0.1, 0.15) is 0 Å². The predicted molar refractivity (Wildman–Crippen MR) is 94.0 cm³/mol. The summed E-state index contributed by atoms with van der Waals surface area (Å²) in [5.74, 6) is 9.18. The first kappa shape index (κ1) is 21.3. The number of halogens is 2. The second-order valence-electron chi connectivity index (χ2n) is 7.85. The smallest absolute Gasteiger partial charge is 1.00 e. The number of fused-ring (bicyclic) bond motifs is 2. The van der Waals surface area contributed by atoms with Gasteiger partial charge in [-0.3, -0.25) is 0 Å². The van der Waals surface area contributed by atoms with E-state index in [9.17, 15) is 0 Å². The predicted octanol–water partition coefficient (Wildman–Crippen LogP) is -0.255. The third kappa shape index (κ3) is 3.95. The van der Waals surface area contributed by atoms with Crippen LogP contribution >= 0.6 is 0 Å². The molecule has 4 aliphatic carbocycles. The molecule has 0 bridgehead atoms. The number of rotatable bonds is 2. The van der Waals surface area contributed by atoms with Gasteiger partial charge in [0.15, 0.2) is 0 Å². The normalized spacial score (nSPS) is 37.7. The summed E-state index contributed by atoms with van der Waals surface area (Å²) in [6.45, 7) is 0. The van der Waals surface area contributed by atoms with Gasteiger partial charge in [0, 0.05) is 0 Å². The van der Waals surface area contributed by atoms with Gasteiger partial charge >= 0.3 is 145 Å². The Balaban J connectivity index is 0.00000104. The summed E-state index contributed by atoms with van der Waals surface area (Å²) in [5.41, 5.74) is 0. The molecule has 130 valence electrons. The molecule has 0 radical (unpaired) electrons. The van der Waals surface area contributed by atoms with Crippen molar-refractivity contribution in [3.8, 4) is 0 Å². The summed E-state index contributed by atoms with van der Waals surface area (Å²) in [6, 6.07) is 0. The van der Waals surface area contributed by atoms with Gasteiger partial charge in [-0.25, -0.2) is 0 Å². The molecule has 6 unspecified atom stereocenters. The summed E-state index contributed by atoms with van der Waals surface area (Å²) >= 11 is -1.30. The van der Waals surface area contributed by atoms with Crippen LogP contribution < -0.4 is 24.8 Å². The second-order valence-corrected chi connectivity index (χ2v) is 37.9. The fourth-order valence-corrected chi connectivity index (χ4v) is 43.6. The maximum absolute atomic E-state index is 2.74. The van der Waals surface area contributed by atoms with E-state index in [1.165, 1.54) is 20.1 Å². The van der Waals surface area contributed by atoms with Gasteiger partial charge in [-0.1, -0.05) is 0 Å². The van der Waals surface area contributed by atoms with Gasteiger partial charge in [-0.05, 0) is 0 Å². The van der Waals surface area contributed by atoms with Crippen LogP contribution in [-0.2, 0) is 18.6 Å². The first-order valence-corrected chi connectivity index (χ1v) is 23.6. The molecule has 0 aromatic rings. The van der Waals surface area contributed by atoms with E-state index < -0.39 is 28.6 Å². The minimum Gasteiger partial charge on any atom is -1.00 e. The number of hydrogen-bond donors (Lipinski definition) is 0. The fraction of sp³-hybridized carbons (Fsp3) is 0.600. The minimum atomic E-state index is -1.30. The average molecular weight is 503 g/mol. The summed E-state index contributed by atoms with van der Waals surface area (Å²) in [5, 5.41) is 0. The van der Waals surface area contributed by atoms with Crippen LogP contribution in [0.2, 0.25) is 18.8 Å². The third-order valence-corrected chi connectivity index (χ3v) is 40.1. The molecule has 0 saturated heterocycles. The maximum Gasteiger partial charge on any atom is -1.00 e. The average Bonchev–Trinajstić information content (AvgIpc) is 3.13. The molecule has 4 aliphatic rings. The van der Waals surface area contributed by atoms with Crippen molar-refractivity contribution in [2.75, 3.05) is 0 Å². The molecular formula is C20H28Cl2GeZr. The molecule has 0 aromatic carbocycles. The van der Waals surface area contributed by atoms with Crippen LogP contribution in [0.1, 0.15) is 25.7 Å². The standard InChI is InChI=1S/2C9H11.C2H6Ge.2ClH.Zr/c2*1-2-5-9-7-3-6-8(9)4-1;1-3-2;;;/h2*1-2,4-6,8-9H,3,7H2;1-2H3;2*1H;/q;;;;;+2/p-2. The summed E-state index contributed by atoms with van der Waals surface area (Å²) in [6.07, 6.45) is 25.7. The van der Waals surface area contributed by atoms with E-state index >= 15 is 0 Å². The van der Waals surface area contributed by atoms with E-state index in [1.807, 2.05) is 0 Å². The third-order valence-electron chi connectivity index (χ3n) is 6.52. The second kappa shape index (κ2) is 9.25. The van der Waals surface area contributed by atoms with E-state index in [0.29, 0.717) is 0 Å². The van der Waals surface area contributed by atoms with E-state index in [1.54, 1.807) is 12.8 Å². The Morgan fingerprint density at radius 2 is 1.08 bits per heavy atom. The van der Waals surface area contributed by atoms with Crippen LogP contribution in [0.4, 0.5) is 0 Å². The molecule has 0 nitrogen and oxygen atoms in total. The Kier molecular flexibility index (Phi) is 8.20. The van der Waals surface area contributed by atoms with Crippen molar-refractivity contribution in [1.29, 1.82) is 0 Å². The molecule has 0 aliphatic heterocycles. The van der Waals surface area contributed by atoms with Crippen LogP contribution in [0.25, 0.3) is 0 Å². The Morgan fingerprint density at radius 1 is 0.667 bits per heavy atom. The van der Waals surface area contributed by atoms with Crippen LogP contribution in [-0.4, -0.2) is 9.98 Å². The molecule has 0 heterocycles. The maximum atomic E-state index is 2.74. The molecule has 6 atom stereocenters. The fourth-order valence-electron chi connectivity index (χ4n) is 5.65. The summed E-state index contributed by atoms with van der Waals surface area (Å²) < 4.78 is 2.36. The van der Waals surface area contributed by atoms with Crippen LogP contribution in [0.15, 0.2) is 48.6 Å². The molecule has 0 spiro atoms. The van der Waals surface area contributed by atoms with E-state index in [4.69, 9.17) is 0 Å². The van der Waals surface area contributed by atoms with E-state index in [-0.39, 0.29) is 24.8 Å². The van der Waals surface area contributed by atoms with E-state index in [0.717, 1.165) is 23.7 Å². The minimum absolute atomic E-state index is 0. The molecule has 2 saturated carbocycles. The molecule has 4 heteroatoms. The van der Waals surface area contributed by atoms with Crippen molar-refractivity contribution in [3.63, 3.8) is 0 Å². The van der Waals surface area contributed by atoms with Crippen molar-refractivity contribution in [2.24, 2.45) is 23.7 Å². The van der Waals surface area contributed by atoms with Crippen molar-refractivity contribution in [1.82, 2.24) is 0 Å². The molecule has 0 aromatic heterocycles. The first-order chi connectivity index (χ1) is 10.8. The van der Waals surface area contributed by atoms with Crippen LogP contribution in [0.3, 0.4) is 0 Å².